The Hall–Kier alpha value is -3.13. The molecule has 1 saturated heterocycles. The number of piperazine rings is 1. The normalized spacial score (nSPS) is 24.8. The van der Waals surface area contributed by atoms with Crippen LogP contribution in [0.4, 0.5) is 0 Å². The van der Waals surface area contributed by atoms with E-state index in [0.29, 0.717) is 47.0 Å². The number of thioether (sulfide) groups is 1. The molecule has 5 atom stereocenters. The van der Waals surface area contributed by atoms with Crippen molar-refractivity contribution in [2.45, 2.75) is 84.6 Å². The highest BCUT2D eigenvalue weighted by molar-refractivity contribution is 8.13. The zero-order chi connectivity index (χ0) is 31.7. The van der Waals surface area contributed by atoms with Gasteiger partial charge in [-0.05, 0) is 57.4 Å². The molecule has 3 heterocycles. The number of ether oxygens (including phenoxy) is 3. The van der Waals surface area contributed by atoms with E-state index in [2.05, 4.69) is 22.8 Å². The number of fused-ring (bicyclic) bond motifs is 7. The lowest BCUT2D eigenvalue weighted by Crippen LogP contribution is -2.68. The summed E-state index contributed by atoms with van der Waals surface area (Å²) in [6.07, 6.45) is 1.04. The number of nitrogens with zero attached hydrogens (tertiary/aromatic N) is 3. The van der Waals surface area contributed by atoms with Crippen molar-refractivity contribution in [2.24, 2.45) is 5.41 Å². The van der Waals surface area contributed by atoms with E-state index >= 15 is 0 Å². The van der Waals surface area contributed by atoms with Crippen molar-refractivity contribution in [3.05, 3.63) is 38.9 Å². The number of likely N-dealkylation sites (N-methyl/N-ethyl adjacent to an activating group) is 1. The molecular weight excluding hydrogens is 566 g/mol. The molecule has 10 heteroatoms. The smallest absolute Gasteiger partial charge is 0.194 e. The quantitative estimate of drug-likeness (QED) is 0.473. The molecule has 3 aliphatic rings. The number of rotatable bonds is 5. The van der Waals surface area contributed by atoms with E-state index in [-0.39, 0.29) is 34.7 Å². The van der Waals surface area contributed by atoms with E-state index in [9.17, 15) is 20.3 Å². The third kappa shape index (κ3) is 4.54. The largest absolute Gasteiger partial charge is 0.504 e. The molecule has 9 nitrogen and oxygen atoms in total. The van der Waals surface area contributed by atoms with Crippen molar-refractivity contribution in [3.8, 4) is 34.8 Å². The first-order valence-corrected chi connectivity index (χ1v) is 15.6. The first-order valence-electron chi connectivity index (χ1n) is 14.7. The van der Waals surface area contributed by atoms with E-state index in [1.165, 1.54) is 18.9 Å². The summed E-state index contributed by atoms with van der Waals surface area (Å²) in [4.78, 5) is 17.6. The SMILES string of the molecule is COc1c(C)c(C)c2c(c1O)[C@@H]1[C@@H]3Cc4c(OC)c(C)c(OC)c(O)c4[C@H](CSC(=O)C(C)(C)C)N3[C@@H](C#N)[C@H](C2)N1C. The van der Waals surface area contributed by atoms with Crippen molar-refractivity contribution in [3.63, 3.8) is 0 Å². The minimum Gasteiger partial charge on any atom is -0.504 e. The molecule has 1 fully saturated rings. The van der Waals surface area contributed by atoms with Gasteiger partial charge in [0.15, 0.2) is 28.1 Å². The Labute approximate surface area is 258 Å². The fourth-order valence-corrected chi connectivity index (χ4v) is 8.76. The Morgan fingerprint density at radius 2 is 1.47 bits per heavy atom. The van der Waals surface area contributed by atoms with E-state index in [1.54, 1.807) is 14.2 Å². The minimum absolute atomic E-state index is 0.0141. The monoisotopic (exact) mass is 609 g/mol. The molecule has 3 aliphatic heterocycles. The summed E-state index contributed by atoms with van der Waals surface area (Å²) in [6, 6.07) is 0.865. The molecule has 0 aliphatic carbocycles. The van der Waals surface area contributed by atoms with Gasteiger partial charge in [-0.2, -0.15) is 5.26 Å². The molecule has 43 heavy (non-hydrogen) atoms. The van der Waals surface area contributed by atoms with Crippen molar-refractivity contribution in [1.82, 2.24) is 9.80 Å². The van der Waals surface area contributed by atoms with Crippen LogP contribution in [0.2, 0.25) is 0 Å². The Morgan fingerprint density at radius 1 is 0.907 bits per heavy atom. The predicted molar refractivity (Wildman–Crippen MR) is 166 cm³/mol. The fourth-order valence-electron chi connectivity index (χ4n) is 7.68. The number of methoxy groups -OCH3 is 3. The van der Waals surface area contributed by atoms with Crippen LogP contribution in [-0.2, 0) is 17.6 Å². The molecule has 0 aromatic heterocycles. The van der Waals surface area contributed by atoms with Gasteiger partial charge in [0.25, 0.3) is 0 Å². The summed E-state index contributed by atoms with van der Waals surface area (Å²) in [6.45, 7) is 11.5. The van der Waals surface area contributed by atoms with Crippen LogP contribution in [0.5, 0.6) is 28.7 Å². The molecular formula is C33H43N3O6S. The highest BCUT2D eigenvalue weighted by Crippen LogP contribution is 2.58. The van der Waals surface area contributed by atoms with Crippen LogP contribution in [0.25, 0.3) is 0 Å². The Kier molecular flexibility index (Phi) is 8.08. The topological polar surface area (TPSA) is 115 Å². The van der Waals surface area contributed by atoms with Crippen LogP contribution in [0.15, 0.2) is 0 Å². The number of carbonyl (C=O) groups excluding carboxylic acids is 1. The second-order valence-corrected chi connectivity index (χ2v) is 14.0. The number of phenols is 2. The van der Waals surface area contributed by atoms with E-state index < -0.39 is 17.5 Å². The standard InChI is InChI=1S/C33H43N3O6S/c1-15-16(2)30(41-9)28(38)25-18(15)11-20-22(13-34)36-21(26(25)35(20)7)12-19-24(23(36)14-43-32(39)33(4,5)6)27(37)31(42-10)17(3)29(19)40-8/h20-23,26,37-38H,11-12,14H2,1-10H3/t20-,21-,22-,23-,26-/m0/s1. The second-order valence-electron chi connectivity index (χ2n) is 13.0. The highest BCUT2D eigenvalue weighted by atomic mass is 32.2. The van der Waals surface area contributed by atoms with Crippen LogP contribution in [-0.4, -0.2) is 77.4 Å². The van der Waals surface area contributed by atoms with Gasteiger partial charge in [-0.15, -0.1) is 0 Å². The van der Waals surface area contributed by atoms with E-state index in [0.717, 1.165) is 27.8 Å². The Bertz CT molecular complexity index is 1530. The predicted octanol–water partition coefficient (Wildman–Crippen LogP) is 5.13. The number of aromatic hydroxyl groups is 2. The third-order valence-corrected chi connectivity index (χ3v) is 11.2. The summed E-state index contributed by atoms with van der Waals surface area (Å²) < 4.78 is 17.3. The van der Waals surface area contributed by atoms with Gasteiger partial charge in [-0.3, -0.25) is 14.6 Å². The van der Waals surface area contributed by atoms with E-state index in [4.69, 9.17) is 14.2 Å². The molecule has 0 unspecified atom stereocenters. The number of hydrogen-bond donors (Lipinski definition) is 2. The summed E-state index contributed by atoms with van der Waals surface area (Å²) in [5.41, 5.74) is 5.43. The van der Waals surface area contributed by atoms with Gasteiger partial charge in [0, 0.05) is 45.5 Å². The number of phenolic OH excluding ortho intramolecular Hbond substituents is 2. The summed E-state index contributed by atoms with van der Waals surface area (Å²) in [7, 11) is 6.72. The van der Waals surface area contributed by atoms with Gasteiger partial charge >= 0.3 is 0 Å². The Morgan fingerprint density at radius 3 is 2.02 bits per heavy atom. The first-order chi connectivity index (χ1) is 20.2. The lowest BCUT2D eigenvalue weighted by molar-refractivity contribution is -0.117. The molecule has 232 valence electrons. The lowest BCUT2D eigenvalue weighted by Gasteiger charge is -2.60. The molecule has 5 rings (SSSR count). The van der Waals surface area contributed by atoms with Crippen molar-refractivity contribution >= 4 is 16.9 Å². The maximum atomic E-state index is 13.2. The van der Waals surface area contributed by atoms with Gasteiger partial charge in [0.2, 0.25) is 0 Å². The minimum atomic E-state index is -0.559. The zero-order valence-corrected chi connectivity index (χ0v) is 27.6. The molecule has 2 aromatic rings. The molecule has 0 amide bonds. The average Bonchev–Trinajstić information content (AvgIpc) is 2.95. The van der Waals surface area contributed by atoms with Gasteiger partial charge in [-0.1, -0.05) is 32.5 Å². The molecule has 0 spiro atoms. The van der Waals surface area contributed by atoms with Crippen LogP contribution in [0, 0.1) is 37.5 Å². The van der Waals surface area contributed by atoms with Crippen LogP contribution in [0.1, 0.15) is 71.8 Å². The van der Waals surface area contributed by atoms with Gasteiger partial charge in [0.1, 0.15) is 11.8 Å². The second kappa shape index (κ2) is 11.1. The van der Waals surface area contributed by atoms with Gasteiger partial charge < -0.3 is 24.4 Å². The van der Waals surface area contributed by atoms with Crippen LogP contribution >= 0.6 is 11.8 Å². The maximum absolute atomic E-state index is 13.2. The van der Waals surface area contributed by atoms with Gasteiger partial charge in [0.05, 0.1) is 39.5 Å². The van der Waals surface area contributed by atoms with Crippen molar-refractivity contribution in [2.75, 3.05) is 34.1 Å². The van der Waals surface area contributed by atoms with Gasteiger partial charge in [-0.25, -0.2) is 0 Å². The summed E-state index contributed by atoms with van der Waals surface area (Å²) >= 11 is 1.22. The van der Waals surface area contributed by atoms with Crippen LogP contribution < -0.4 is 14.2 Å². The van der Waals surface area contributed by atoms with Crippen LogP contribution in [0.3, 0.4) is 0 Å². The first kappa shape index (κ1) is 31.3. The number of benzene rings is 2. The van der Waals surface area contributed by atoms with Crippen molar-refractivity contribution < 1.29 is 29.2 Å². The zero-order valence-electron chi connectivity index (χ0n) is 26.8. The molecule has 2 bridgehead atoms. The summed E-state index contributed by atoms with van der Waals surface area (Å²) in [5, 5.41) is 34.2. The van der Waals surface area contributed by atoms with Crippen molar-refractivity contribution in [1.29, 1.82) is 5.26 Å². The molecule has 0 saturated carbocycles. The summed E-state index contributed by atoms with van der Waals surface area (Å²) in [5.74, 6) is 1.89. The lowest BCUT2D eigenvalue weighted by atomic mass is 9.71. The fraction of sp³-hybridized carbons (Fsp3) is 0.576. The Balaban J connectivity index is 1.80. The molecule has 2 aromatic carbocycles. The number of nitriles is 1. The molecule has 0 radical (unpaired) electrons. The average molecular weight is 610 g/mol. The highest BCUT2D eigenvalue weighted by Gasteiger charge is 2.56. The molecule has 2 N–H and O–H groups in total. The third-order valence-electron chi connectivity index (χ3n) is 9.84. The number of carbonyl (C=O) groups is 1. The maximum Gasteiger partial charge on any atom is 0.194 e. The van der Waals surface area contributed by atoms with E-state index in [1.807, 2.05) is 41.7 Å². The number of hydrogen-bond acceptors (Lipinski definition) is 10.